The predicted molar refractivity (Wildman–Crippen MR) is 135 cm³/mol. The number of ether oxygens (including phenoxy) is 1. The second kappa shape index (κ2) is 11.0. The van der Waals surface area contributed by atoms with Crippen LogP contribution in [0.2, 0.25) is 0 Å². The number of fused-ring (bicyclic) bond motifs is 1. The predicted octanol–water partition coefficient (Wildman–Crippen LogP) is 3.17. The van der Waals surface area contributed by atoms with Gasteiger partial charge in [0.25, 0.3) is 5.91 Å². The van der Waals surface area contributed by atoms with E-state index in [-0.39, 0.29) is 24.2 Å². The monoisotopic (exact) mass is 491 g/mol. The summed E-state index contributed by atoms with van der Waals surface area (Å²) in [6, 6.07) is 19.6. The molecular formula is C25H25N5O4S. The number of nitrogens with one attached hydrogen (secondary N) is 2. The molecule has 2 amide bonds. The van der Waals surface area contributed by atoms with Gasteiger partial charge in [-0.1, -0.05) is 42.1 Å². The fourth-order valence-corrected chi connectivity index (χ4v) is 4.24. The highest BCUT2D eigenvalue weighted by molar-refractivity contribution is 7.99. The minimum Gasteiger partial charge on any atom is -0.497 e. The van der Waals surface area contributed by atoms with Crippen LogP contribution in [0.4, 0.5) is 5.69 Å². The van der Waals surface area contributed by atoms with Crippen LogP contribution >= 0.6 is 11.8 Å². The molecular weight excluding hydrogens is 466 g/mol. The maximum absolute atomic E-state index is 12.6. The third kappa shape index (κ3) is 5.79. The van der Waals surface area contributed by atoms with E-state index >= 15 is 0 Å². The molecule has 4 rings (SSSR count). The maximum atomic E-state index is 12.6. The van der Waals surface area contributed by atoms with Crippen molar-refractivity contribution in [1.29, 1.82) is 0 Å². The number of carbonyl (C=O) groups is 2. The smallest absolute Gasteiger partial charge is 0.251 e. The Balaban J connectivity index is 1.36. The molecule has 180 valence electrons. The van der Waals surface area contributed by atoms with Gasteiger partial charge in [0.1, 0.15) is 11.8 Å². The van der Waals surface area contributed by atoms with Crippen LogP contribution in [0, 0.1) is 0 Å². The van der Waals surface area contributed by atoms with Crippen molar-refractivity contribution in [1.82, 2.24) is 20.1 Å². The number of nitrogens with zero attached hydrogens (tertiary/aromatic N) is 3. The number of methoxy groups -OCH3 is 1. The van der Waals surface area contributed by atoms with Gasteiger partial charge >= 0.3 is 0 Å². The number of hydrogen-bond acceptors (Lipinski definition) is 7. The molecule has 0 radical (unpaired) electrons. The zero-order valence-corrected chi connectivity index (χ0v) is 20.1. The lowest BCUT2D eigenvalue weighted by Gasteiger charge is -2.16. The molecule has 10 heteroatoms. The number of benzene rings is 3. The Morgan fingerprint density at radius 3 is 2.51 bits per heavy atom. The summed E-state index contributed by atoms with van der Waals surface area (Å²) in [5.41, 5.74) is 1.14. The minimum absolute atomic E-state index is 0.126. The number of aromatic nitrogens is 3. The van der Waals surface area contributed by atoms with Crippen molar-refractivity contribution in [3.8, 4) is 5.75 Å². The molecule has 0 bridgehead atoms. The summed E-state index contributed by atoms with van der Waals surface area (Å²) in [6.07, 6.45) is 0. The molecule has 0 aliphatic rings. The summed E-state index contributed by atoms with van der Waals surface area (Å²) in [6.45, 7) is -0.360. The molecule has 0 unspecified atom stereocenters. The first-order chi connectivity index (χ1) is 17.0. The van der Waals surface area contributed by atoms with Gasteiger partial charge in [0.2, 0.25) is 5.91 Å². The molecule has 0 fully saturated rings. The second-order valence-electron chi connectivity index (χ2n) is 7.74. The highest BCUT2D eigenvalue weighted by Crippen LogP contribution is 2.22. The molecule has 1 atom stereocenters. The first-order valence-corrected chi connectivity index (χ1v) is 11.8. The van der Waals surface area contributed by atoms with Crippen LogP contribution < -0.4 is 15.4 Å². The molecule has 9 nitrogen and oxygen atoms in total. The summed E-state index contributed by atoms with van der Waals surface area (Å²) in [7, 11) is 3.27. The van der Waals surface area contributed by atoms with Crippen molar-refractivity contribution in [3.05, 3.63) is 78.1 Å². The van der Waals surface area contributed by atoms with E-state index in [2.05, 4.69) is 20.8 Å². The Hall–Kier alpha value is -3.89. The van der Waals surface area contributed by atoms with E-state index in [0.717, 1.165) is 16.5 Å². The van der Waals surface area contributed by atoms with Crippen LogP contribution in [0.1, 0.15) is 22.2 Å². The molecule has 3 aromatic carbocycles. The summed E-state index contributed by atoms with van der Waals surface area (Å²) >= 11 is 1.22. The van der Waals surface area contributed by atoms with Crippen molar-refractivity contribution < 1.29 is 19.4 Å². The van der Waals surface area contributed by atoms with E-state index in [4.69, 9.17) is 4.74 Å². The van der Waals surface area contributed by atoms with Crippen molar-refractivity contribution in [2.24, 2.45) is 7.05 Å². The SMILES string of the molecule is COc1ccc(C(=O)N[C@@H](CO)c2nnc(SCC(=O)Nc3ccc4ccccc4c3)n2C)cc1. The van der Waals surface area contributed by atoms with Crippen LogP contribution in [0.15, 0.2) is 71.9 Å². The molecule has 0 aliphatic heterocycles. The number of aliphatic hydroxyl groups excluding tert-OH is 1. The first kappa shape index (κ1) is 24.2. The topological polar surface area (TPSA) is 118 Å². The third-order valence-electron chi connectivity index (χ3n) is 5.39. The van der Waals surface area contributed by atoms with Crippen LogP contribution in [0.3, 0.4) is 0 Å². The van der Waals surface area contributed by atoms with Crippen LogP contribution in [-0.2, 0) is 11.8 Å². The summed E-state index contributed by atoms with van der Waals surface area (Å²) in [4.78, 5) is 25.1. The van der Waals surface area contributed by atoms with Crippen molar-refractivity contribution >= 4 is 40.0 Å². The Labute approximate surface area is 206 Å². The van der Waals surface area contributed by atoms with E-state index in [1.54, 1.807) is 43.0 Å². The standard InChI is InChI=1S/C25H25N5O4S/c1-30-23(21(14-31)27-24(33)17-8-11-20(34-2)12-9-17)28-29-25(30)35-15-22(32)26-19-10-7-16-5-3-4-6-18(16)13-19/h3-13,21,31H,14-15H2,1-2H3,(H,26,32)(H,27,33)/t21-/m0/s1. The van der Waals surface area contributed by atoms with Crippen molar-refractivity contribution in [3.63, 3.8) is 0 Å². The molecule has 3 N–H and O–H groups in total. The normalized spacial score (nSPS) is 11.7. The summed E-state index contributed by atoms with van der Waals surface area (Å²) in [5, 5.41) is 26.4. The third-order valence-corrected chi connectivity index (χ3v) is 6.41. The van der Waals surface area contributed by atoms with E-state index in [1.165, 1.54) is 11.8 Å². The Morgan fingerprint density at radius 1 is 1.06 bits per heavy atom. The number of thioether (sulfide) groups is 1. The average Bonchev–Trinajstić information content (AvgIpc) is 3.25. The molecule has 35 heavy (non-hydrogen) atoms. The van der Waals surface area contributed by atoms with Crippen LogP contribution in [0.5, 0.6) is 5.75 Å². The summed E-state index contributed by atoms with van der Waals surface area (Å²) in [5.74, 6) is 0.604. The average molecular weight is 492 g/mol. The van der Waals surface area contributed by atoms with Gasteiger partial charge in [-0.15, -0.1) is 10.2 Å². The van der Waals surface area contributed by atoms with Gasteiger partial charge in [0.05, 0.1) is 19.5 Å². The second-order valence-corrected chi connectivity index (χ2v) is 8.68. The number of hydrogen-bond donors (Lipinski definition) is 3. The Morgan fingerprint density at radius 2 is 1.80 bits per heavy atom. The summed E-state index contributed by atoms with van der Waals surface area (Å²) < 4.78 is 6.76. The van der Waals surface area contributed by atoms with Gasteiger partial charge in [-0.3, -0.25) is 9.59 Å². The van der Waals surface area contributed by atoms with Crippen molar-refractivity contribution in [2.75, 3.05) is 24.8 Å². The van der Waals surface area contributed by atoms with Gasteiger partial charge in [0.15, 0.2) is 11.0 Å². The maximum Gasteiger partial charge on any atom is 0.251 e. The zero-order valence-electron chi connectivity index (χ0n) is 19.3. The van der Waals surface area contributed by atoms with Gasteiger partial charge < -0.3 is 25.0 Å². The number of aliphatic hydroxyl groups is 1. The lowest BCUT2D eigenvalue weighted by molar-refractivity contribution is -0.113. The number of rotatable bonds is 9. The molecule has 1 heterocycles. The lowest BCUT2D eigenvalue weighted by Crippen LogP contribution is -2.32. The zero-order chi connectivity index (χ0) is 24.8. The van der Waals surface area contributed by atoms with E-state index in [9.17, 15) is 14.7 Å². The van der Waals surface area contributed by atoms with Crippen LogP contribution in [0.25, 0.3) is 10.8 Å². The lowest BCUT2D eigenvalue weighted by atomic mass is 10.1. The fraction of sp³-hybridized carbons (Fsp3) is 0.200. The van der Waals surface area contributed by atoms with E-state index < -0.39 is 6.04 Å². The minimum atomic E-state index is -0.761. The number of carbonyl (C=O) groups excluding carboxylic acids is 2. The van der Waals surface area contributed by atoms with Crippen molar-refractivity contribution in [2.45, 2.75) is 11.2 Å². The number of anilines is 1. The Kier molecular flexibility index (Phi) is 7.64. The van der Waals surface area contributed by atoms with Gasteiger partial charge in [-0.2, -0.15) is 0 Å². The molecule has 1 aromatic heterocycles. The quantitative estimate of drug-likeness (QED) is 0.308. The van der Waals surface area contributed by atoms with E-state index in [1.807, 2.05) is 42.5 Å². The molecule has 0 aliphatic carbocycles. The fourth-order valence-electron chi connectivity index (χ4n) is 3.53. The largest absolute Gasteiger partial charge is 0.497 e. The number of amides is 2. The molecule has 4 aromatic rings. The highest BCUT2D eigenvalue weighted by atomic mass is 32.2. The molecule has 0 saturated heterocycles. The van der Waals surface area contributed by atoms with Gasteiger partial charge in [0, 0.05) is 18.3 Å². The van der Waals surface area contributed by atoms with Gasteiger partial charge in [-0.05, 0) is 47.2 Å². The first-order valence-electron chi connectivity index (χ1n) is 10.8. The highest BCUT2D eigenvalue weighted by Gasteiger charge is 2.22. The van der Waals surface area contributed by atoms with Gasteiger partial charge in [-0.25, -0.2) is 0 Å². The van der Waals surface area contributed by atoms with Crippen LogP contribution in [-0.4, -0.2) is 51.2 Å². The van der Waals surface area contributed by atoms with E-state index in [0.29, 0.717) is 22.3 Å². The Bertz CT molecular complexity index is 1340. The molecule has 0 spiro atoms. The molecule has 0 saturated carbocycles.